The summed E-state index contributed by atoms with van der Waals surface area (Å²) in [5, 5.41) is 0. The molecule has 3 nitrogen and oxygen atoms in total. The number of ketones is 1. The van der Waals surface area contributed by atoms with Crippen LogP contribution in [0.5, 0.6) is 0 Å². The molecule has 146 valence electrons. The van der Waals surface area contributed by atoms with E-state index in [1.165, 1.54) is 43.9 Å². The predicted octanol–water partition coefficient (Wildman–Crippen LogP) is 5.53. The van der Waals surface area contributed by atoms with Gasteiger partial charge >= 0.3 is 6.18 Å². The van der Waals surface area contributed by atoms with Crippen LogP contribution in [0.4, 0.5) is 13.2 Å². The van der Waals surface area contributed by atoms with Crippen LogP contribution in [-0.4, -0.2) is 17.9 Å². The Morgan fingerprint density at radius 1 is 0.962 bits per heavy atom. The molecule has 0 heterocycles. The molecule has 2 N–H and O–H groups in total. The number of unbranched alkanes of at least 4 members (excludes halogenated alkanes) is 7. The molecule has 26 heavy (non-hydrogen) atoms. The van der Waals surface area contributed by atoms with Crippen LogP contribution in [0.3, 0.4) is 0 Å². The fraction of sp³-hybridized carbons (Fsp3) is 0.600. The number of rotatable bonds is 12. The number of halogens is 3. The zero-order chi connectivity index (χ0) is 19.6. The second-order valence-electron chi connectivity index (χ2n) is 6.63. The summed E-state index contributed by atoms with van der Waals surface area (Å²) in [6.07, 6.45) is 3.92. The second-order valence-corrected chi connectivity index (χ2v) is 6.63. The highest BCUT2D eigenvalue weighted by atomic mass is 19.4. The van der Waals surface area contributed by atoms with Gasteiger partial charge in [-0.15, -0.1) is 0 Å². The van der Waals surface area contributed by atoms with Crippen LogP contribution in [0.1, 0.15) is 86.6 Å². The summed E-state index contributed by atoms with van der Waals surface area (Å²) in [4.78, 5) is 23.4. The molecule has 0 saturated heterocycles. The van der Waals surface area contributed by atoms with E-state index in [0.29, 0.717) is 12.8 Å². The molecule has 0 aliphatic rings. The zero-order valence-corrected chi connectivity index (χ0v) is 15.3. The molecule has 0 saturated carbocycles. The summed E-state index contributed by atoms with van der Waals surface area (Å²) in [7, 11) is 0. The Hall–Kier alpha value is -1.85. The normalized spacial score (nSPS) is 12.8. The largest absolute Gasteiger partial charge is 0.454 e. The molecule has 1 aromatic rings. The number of hydrogen-bond acceptors (Lipinski definition) is 2. The van der Waals surface area contributed by atoms with Gasteiger partial charge in [-0.25, -0.2) is 0 Å². The first-order valence-electron chi connectivity index (χ1n) is 9.28. The Morgan fingerprint density at radius 2 is 1.50 bits per heavy atom. The quantitative estimate of drug-likeness (QED) is 0.388. The van der Waals surface area contributed by atoms with E-state index < -0.39 is 29.3 Å². The van der Waals surface area contributed by atoms with Gasteiger partial charge in [0.15, 0.2) is 0 Å². The van der Waals surface area contributed by atoms with Crippen molar-refractivity contribution in [2.24, 2.45) is 5.73 Å². The van der Waals surface area contributed by atoms with Crippen LogP contribution >= 0.6 is 0 Å². The van der Waals surface area contributed by atoms with Crippen molar-refractivity contribution in [2.75, 3.05) is 0 Å². The van der Waals surface area contributed by atoms with Crippen molar-refractivity contribution in [3.63, 3.8) is 0 Å². The van der Waals surface area contributed by atoms with Gasteiger partial charge in [-0.1, -0.05) is 82.6 Å². The monoisotopic (exact) mass is 371 g/mol. The van der Waals surface area contributed by atoms with Gasteiger partial charge < -0.3 is 5.73 Å². The molecule has 0 aromatic heterocycles. The summed E-state index contributed by atoms with van der Waals surface area (Å²) in [5.41, 5.74) is 5.00. The molecule has 0 radical (unpaired) electrons. The number of Topliss-reactive ketones (excluding diaryl/α,β-unsaturated/α-hetero) is 1. The van der Waals surface area contributed by atoms with Gasteiger partial charge in [0.1, 0.15) is 0 Å². The molecule has 6 heteroatoms. The number of carbonyl (C=O) groups is 2. The maximum atomic E-state index is 12.8. The van der Waals surface area contributed by atoms with Crippen molar-refractivity contribution in [2.45, 2.75) is 76.8 Å². The molecule has 1 atom stereocenters. The third-order valence-corrected chi connectivity index (χ3v) is 4.53. The zero-order valence-electron chi connectivity index (χ0n) is 15.3. The van der Waals surface area contributed by atoms with Crippen molar-refractivity contribution in [3.8, 4) is 0 Å². The lowest BCUT2D eigenvalue weighted by Gasteiger charge is -2.18. The van der Waals surface area contributed by atoms with E-state index in [-0.39, 0.29) is 5.56 Å². The van der Waals surface area contributed by atoms with Gasteiger partial charge in [-0.3, -0.25) is 9.59 Å². The number of carbonyl (C=O) groups excluding carboxylic acids is 2. The topological polar surface area (TPSA) is 60.2 Å². The molecule has 1 unspecified atom stereocenters. The summed E-state index contributed by atoms with van der Waals surface area (Å²) < 4.78 is 38.4. The third-order valence-electron chi connectivity index (χ3n) is 4.53. The summed E-state index contributed by atoms with van der Waals surface area (Å²) in [6, 6.07) is 5.37. The number of amides is 1. The lowest BCUT2D eigenvalue weighted by atomic mass is 9.87. The van der Waals surface area contributed by atoms with Crippen molar-refractivity contribution in [1.82, 2.24) is 0 Å². The van der Waals surface area contributed by atoms with Crippen LogP contribution < -0.4 is 5.73 Å². The van der Waals surface area contributed by atoms with Crippen LogP contribution in [0, 0.1) is 0 Å². The van der Waals surface area contributed by atoms with Gasteiger partial charge in [0, 0.05) is 5.56 Å². The highest BCUT2D eigenvalue weighted by Gasteiger charge is 2.41. The third kappa shape index (κ3) is 7.18. The van der Waals surface area contributed by atoms with E-state index in [2.05, 4.69) is 6.92 Å². The lowest BCUT2D eigenvalue weighted by Crippen LogP contribution is -2.28. The van der Waals surface area contributed by atoms with E-state index in [9.17, 15) is 22.8 Å². The minimum absolute atomic E-state index is 0.0743. The number of primary amides is 1. The molecule has 1 aromatic carbocycles. The van der Waals surface area contributed by atoms with Crippen molar-refractivity contribution < 1.29 is 22.8 Å². The highest BCUT2D eigenvalue weighted by Crippen LogP contribution is 2.30. The van der Waals surface area contributed by atoms with E-state index >= 15 is 0 Å². The molecule has 0 spiro atoms. The Bertz CT molecular complexity index is 585. The highest BCUT2D eigenvalue weighted by molar-refractivity contribution is 6.02. The Balaban J connectivity index is 2.68. The number of benzene rings is 1. The van der Waals surface area contributed by atoms with Gasteiger partial charge in [0.25, 0.3) is 5.78 Å². The molecule has 1 rings (SSSR count). The van der Waals surface area contributed by atoms with E-state index in [4.69, 9.17) is 5.73 Å². The average Bonchev–Trinajstić information content (AvgIpc) is 2.59. The van der Waals surface area contributed by atoms with Crippen molar-refractivity contribution in [1.29, 1.82) is 0 Å². The van der Waals surface area contributed by atoms with Gasteiger partial charge in [0.2, 0.25) is 5.91 Å². The van der Waals surface area contributed by atoms with E-state index in [1.54, 1.807) is 0 Å². The smallest absolute Gasteiger partial charge is 0.369 e. The molecule has 0 aliphatic carbocycles. The van der Waals surface area contributed by atoms with Gasteiger partial charge in [-0.2, -0.15) is 13.2 Å². The second kappa shape index (κ2) is 11.0. The fourth-order valence-corrected chi connectivity index (χ4v) is 3.09. The predicted molar refractivity (Wildman–Crippen MR) is 96.0 cm³/mol. The maximum absolute atomic E-state index is 12.8. The fourth-order valence-electron chi connectivity index (χ4n) is 3.09. The van der Waals surface area contributed by atoms with Crippen LogP contribution in [-0.2, 0) is 4.79 Å². The minimum Gasteiger partial charge on any atom is -0.369 e. The van der Waals surface area contributed by atoms with Crippen molar-refractivity contribution >= 4 is 11.7 Å². The SMILES string of the molecule is CCCCCCCCCCC(C(N)=O)c1ccccc1C(=O)C(F)(F)F. The Labute approximate surface area is 153 Å². The van der Waals surface area contributed by atoms with E-state index in [1.807, 2.05) is 0 Å². The first kappa shape index (κ1) is 22.2. The molecule has 0 fully saturated rings. The standard InChI is InChI=1S/C20H28F3NO2/c1-2-3-4-5-6-7-8-9-14-17(19(24)26)15-12-10-11-13-16(15)18(25)20(21,22)23/h10-13,17H,2-9,14H2,1H3,(H2,24,26). The van der Waals surface area contributed by atoms with Gasteiger partial charge in [0.05, 0.1) is 5.92 Å². The molecule has 0 bridgehead atoms. The Morgan fingerprint density at radius 3 is 2.04 bits per heavy atom. The first-order valence-corrected chi connectivity index (χ1v) is 9.28. The molecule has 0 aliphatic heterocycles. The maximum Gasteiger partial charge on any atom is 0.454 e. The minimum atomic E-state index is -4.98. The van der Waals surface area contributed by atoms with Crippen LogP contribution in [0.2, 0.25) is 0 Å². The van der Waals surface area contributed by atoms with Crippen LogP contribution in [0.25, 0.3) is 0 Å². The molecular weight excluding hydrogens is 343 g/mol. The molecule has 1 amide bonds. The number of alkyl halides is 3. The number of nitrogens with two attached hydrogens (primary N) is 1. The first-order chi connectivity index (χ1) is 12.3. The van der Waals surface area contributed by atoms with Crippen molar-refractivity contribution in [3.05, 3.63) is 35.4 Å². The Kier molecular flexibility index (Phi) is 9.38. The van der Waals surface area contributed by atoms with E-state index in [0.717, 1.165) is 25.3 Å². The average molecular weight is 371 g/mol. The molecular formula is C20H28F3NO2. The summed E-state index contributed by atoms with van der Waals surface area (Å²) >= 11 is 0. The van der Waals surface area contributed by atoms with Crippen LogP contribution in [0.15, 0.2) is 24.3 Å². The van der Waals surface area contributed by atoms with Gasteiger partial charge in [-0.05, 0) is 12.0 Å². The summed E-state index contributed by atoms with van der Waals surface area (Å²) in [5.74, 6) is -3.51. The summed E-state index contributed by atoms with van der Waals surface area (Å²) in [6.45, 7) is 2.16. The lowest BCUT2D eigenvalue weighted by molar-refractivity contribution is -0.119. The number of hydrogen-bond donors (Lipinski definition) is 1.